The van der Waals surface area contributed by atoms with Crippen molar-refractivity contribution in [2.75, 3.05) is 36.4 Å². The number of rotatable bonds is 5. The third-order valence-corrected chi connectivity index (χ3v) is 6.57. The minimum Gasteiger partial charge on any atom is -0.363 e. The van der Waals surface area contributed by atoms with Gasteiger partial charge in [0.25, 0.3) is 5.91 Å². The maximum atomic E-state index is 13.8. The van der Waals surface area contributed by atoms with Gasteiger partial charge in [0.1, 0.15) is 17.3 Å². The molecule has 0 saturated carbocycles. The lowest BCUT2D eigenvalue weighted by molar-refractivity contribution is -0.140. The first-order valence-electron chi connectivity index (χ1n) is 11.7. The highest BCUT2D eigenvalue weighted by Crippen LogP contribution is 2.35. The number of carbonyl (C=O) groups excluding carboxylic acids is 2. The van der Waals surface area contributed by atoms with Gasteiger partial charge in [-0.3, -0.25) is 9.59 Å². The van der Waals surface area contributed by atoms with Crippen LogP contribution in [0.1, 0.15) is 60.9 Å². The van der Waals surface area contributed by atoms with Crippen LogP contribution < -0.4 is 10.2 Å². The van der Waals surface area contributed by atoms with Crippen LogP contribution in [0, 0.1) is 5.82 Å². The van der Waals surface area contributed by atoms with Crippen LogP contribution in [0.4, 0.5) is 29.3 Å². The summed E-state index contributed by atoms with van der Waals surface area (Å²) >= 11 is 0. The Bertz CT molecular complexity index is 1180. The number of nitrogens with one attached hydrogen (secondary N) is 1. The number of alkyl halides is 3. The molecule has 2 amide bonds. The van der Waals surface area contributed by atoms with Gasteiger partial charge in [-0.25, -0.2) is 9.37 Å². The number of benzene rings is 1. The van der Waals surface area contributed by atoms with Crippen LogP contribution >= 0.6 is 0 Å². The number of piperazine rings is 1. The second-order valence-electron chi connectivity index (χ2n) is 9.32. The number of carbonyl (C=O) groups is 2. The standard InChI is InChI=1S/C24H28F4N6O2/c1-13(2)34-12-17-20(22(34)36)30-23(33-9-7-32(8-10-33)15(4)35)31-21(17)29-14(3)16-5-6-19(25)18(11-16)24(26,27)28/h5-6,11,13-14H,7-10,12H2,1-4H3,(H,29,30,31)/t14-/m1/s1. The number of amides is 2. The first-order chi connectivity index (χ1) is 16.9. The van der Waals surface area contributed by atoms with Crippen molar-refractivity contribution in [1.29, 1.82) is 0 Å². The summed E-state index contributed by atoms with van der Waals surface area (Å²) in [7, 11) is 0. The number of aromatic nitrogens is 2. The van der Waals surface area contributed by atoms with Gasteiger partial charge in [-0.1, -0.05) is 6.07 Å². The number of nitrogens with zero attached hydrogens (tertiary/aromatic N) is 5. The van der Waals surface area contributed by atoms with Gasteiger partial charge in [0, 0.05) is 50.7 Å². The van der Waals surface area contributed by atoms with Gasteiger partial charge < -0.3 is 20.0 Å². The summed E-state index contributed by atoms with van der Waals surface area (Å²) in [6, 6.07) is 2.10. The van der Waals surface area contributed by atoms with Crippen molar-refractivity contribution in [3.8, 4) is 0 Å². The van der Waals surface area contributed by atoms with Gasteiger partial charge in [-0.05, 0) is 38.5 Å². The molecule has 1 aromatic carbocycles. The summed E-state index contributed by atoms with van der Waals surface area (Å²) < 4.78 is 53.5. The maximum absolute atomic E-state index is 13.8. The molecule has 0 bridgehead atoms. The average Bonchev–Trinajstić information content (AvgIpc) is 3.15. The molecular weight excluding hydrogens is 480 g/mol. The normalized spacial score (nSPS) is 17.0. The van der Waals surface area contributed by atoms with Crippen molar-refractivity contribution in [3.05, 3.63) is 46.4 Å². The van der Waals surface area contributed by atoms with Gasteiger partial charge in [0.05, 0.1) is 12.1 Å². The largest absolute Gasteiger partial charge is 0.419 e. The van der Waals surface area contributed by atoms with E-state index in [9.17, 15) is 27.2 Å². The van der Waals surface area contributed by atoms with Crippen LogP contribution in [-0.4, -0.2) is 63.8 Å². The molecule has 2 aliphatic heterocycles. The van der Waals surface area contributed by atoms with E-state index in [1.165, 1.54) is 13.0 Å². The van der Waals surface area contributed by atoms with Crippen LogP contribution in [0.15, 0.2) is 18.2 Å². The number of hydrogen-bond acceptors (Lipinski definition) is 6. The average molecular weight is 509 g/mol. The predicted molar refractivity (Wildman–Crippen MR) is 125 cm³/mol. The number of fused-ring (bicyclic) bond motifs is 1. The van der Waals surface area contributed by atoms with E-state index in [1.54, 1.807) is 16.7 Å². The monoisotopic (exact) mass is 508 g/mol. The SMILES string of the molecule is CC(=O)N1CCN(c2nc(N[C@H](C)c3ccc(F)c(C(F)(F)F)c3)c3c(n2)C(=O)N(C(C)C)C3)CC1. The van der Waals surface area contributed by atoms with E-state index in [1.807, 2.05) is 18.7 Å². The lowest BCUT2D eigenvalue weighted by atomic mass is 10.0. The van der Waals surface area contributed by atoms with Crippen LogP contribution in [0.5, 0.6) is 0 Å². The fourth-order valence-electron chi connectivity index (χ4n) is 4.39. The van der Waals surface area contributed by atoms with E-state index >= 15 is 0 Å². The Labute approximate surface area is 206 Å². The molecule has 8 nitrogen and oxygen atoms in total. The quantitative estimate of drug-likeness (QED) is 0.619. The van der Waals surface area contributed by atoms with E-state index in [-0.39, 0.29) is 35.7 Å². The minimum atomic E-state index is -4.82. The highest BCUT2D eigenvalue weighted by molar-refractivity contribution is 5.98. The first kappa shape index (κ1) is 25.6. The van der Waals surface area contributed by atoms with Crippen molar-refractivity contribution in [2.45, 2.75) is 52.5 Å². The third kappa shape index (κ3) is 4.93. The van der Waals surface area contributed by atoms with E-state index in [4.69, 9.17) is 0 Å². The van der Waals surface area contributed by atoms with Gasteiger partial charge in [-0.2, -0.15) is 18.2 Å². The van der Waals surface area contributed by atoms with Gasteiger partial charge in [0.2, 0.25) is 11.9 Å². The molecule has 12 heteroatoms. The fourth-order valence-corrected chi connectivity index (χ4v) is 4.39. The highest BCUT2D eigenvalue weighted by atomic mass is 19.4. The molecule has 194 valence electrons. The van der Waals surface area contributed by atoms with E-state index in [0.29, 0.717) is 43.5 Å². The molecule has 2 aromatic rings. The van der Waals surface area contributed by atoms with E-state index in [0.717, 1.165) is 12.1 Å². The molecule has 2 aliphatic rings. The van der Waals surface area contributed by atoms with Gasteiger partial charge in [-0.15, -0.1) is 0 Å². The second-order valence-corrected chi connectivity index (χ2v) is 9.32. The first-order valence-corrected chi connectivity index (χ1v) is 11.7. The van der Waals surface area contributed by atoms with E-state index < -0.39 is 23.6 Å². The molecule has 1 saturated heterocycles. The zero-order valence-corrected chi connectivity index (χ0v) is 20.5. The van der Waals surface area contributed by atoms with Crippen molar-refractivity contribution in [1.82, 2.24) is 19.8 Å². The van der Waals surface area contributed by atoms with Crippen LogP contribution in [-0.2, 0) is 17.5 Å². The molecule has 1 aromatic heterocycles. The molecular formula is C24H28F4N6O2. The topological polar surface area (TPSA) is 81.7 Å². The summed E-state index contributed by atoms with van der Waals surface area (Å²) in [4.78, 5) is 39.2. The second kappa shape index (κ2) is 9.55. The molecule has 0 aliphatic carbocycles. The molecule has 1 fully saturated rings. The maximum Gasteiger partial charge on any atom is 0.419 e. The number of halogens is 4. The third-order valence-electron chi connectivity index (χ3n) is 6.57. The zero-order valence-electron chi connectivity index (χ0n) is 20.5. The summed E-state index contributed by atoms with van der Waals surface area (Å²) in [6.45, 7) is 9.08. The lowest BCUT2D eigenvalue weighted by Crippen LogP contribution is -2.48. The van der Waals surface area contributed by atoms with Gasteiger partial charge in [0.15, 0.2) is 0 Å². The Morgan fingerprint density at radius 2 is 1.75 bits per heavy atom. The molecule has 3 heterocycles. The molecule has 0 unspecified atom stereocenters. The molecule has 1 atom stereocenters. The van der Waals surface area contributed by atoms with Crippen LogP contribution in [0.25, 0.3) is 0 Å². The van der Waals surface area contributed by atoms with Crippen LogP contribution in [0.2, 0.25) is 0 Å². The van der Waals surface area contributed by atoms with E-state index in [2.05, 4.69) is 15.3 Å². The van der Waals surface area contributed by atoms with Crippen molar-refractivity contribution in [3.63, 3.8) is 0 Å². The summed E-state index contributed by atoms with van der Waals surface area (Å²) in [6.07, 6.45) is -4.82. The number of hydrogen-bond donors (Lipinski definition) is 1. The summed E-state index contributed by atoms with van der Waals surface area (Å²) in [5.41, 5.74) is -0.318. The van der Waals surface area contributed by atoms with Crippen LogP contribution in [0.3, 0.4) is 0 Å². The molecule has 0 radical (unpaired) electrons. The molecule has 4 rings (SSSR count). The Balaban J connectivity index is 1.68. The Morgan fingerprint density at radius 1 is 1.08 bits per heavy atom. The predicted octanol–water partition coefficient (Wildman–Crippen LogP) is 3.84. The smallest absolute Gasteiger partial charge is 0.363 e. The van der Waals surface area contributed by atoms with Gasteiger partial charge >= 0.3 is 6.18 Å². The van der Waals surface area contributed by atoms with Crippen molar-refractivity contribution >= 4 is 23.6 Å². The Hall–Kier alpha value is -3.44. The molecule has 36 heavy (non-hydrogen) atoms. The fraction of sp³-hybridized carbons (Fsp3) is 0.500. The Kier molecular flexibility index (Phi) is 6.80. The molecule has 1 N–H and O–H groups in total. The lowest BCUT2D eigenvalue weighted by Gasteiger charge is -2.34. The number of anilines is 2. The highest BCUT2D eigenvalue weighted by Gasteiger charge is 2.37. The van der Waals surface area contributed by atoms with Crippen molar-refractivity contribution in [2.24, 2.45) is 0 Å². The van der Waals surface area contributed by atoms with Crippen molar-refractivity contribution < 1.29 is 27.2 Å². The molecule has 0 spiro atoms. The zero-order chi connectivity index (χ0) is 26.4. The summed E-state index contributed by atoms with van der Waals surface area (Å²) in [5, 5.41) is 3.13. The summed E-state index contributed by atoms with van der Waals surface area (Å²) in [5.74, 6) is -0.970. The minimum absolute atomic E-state index is 0.0269. The Morgan fingerprint density at radius 3 is 2.33 bits per heavy atom.